The van der Waals surface area contributed by atoms with E-state index in [0.29, 0.717) is 23.2 Å². The molecule has 2 aromatic heterocycles. The maximum Gasteiger partial charge on any atom is 0.490 e. The van der Waals surface area contributed by atoms with Gasteiger partial charge in [0.1, 0.15) is 23.5 Å². The maximum atomic E-state index is 10.6. The van der Waals surface area contributed by atoms with Crippen LogP contribution in [0.1, 0.15) is 28.8 Å². The summed E-state index contributed by atoms with van der Waals surface area (Å²) < 4.78 is 31.7. The summed E-state index contributed by atoms with van der Waals surface area (Å²) in [7, 11) is 0. The number of carboxylic acid groups (broad SMARTS) is 1. The number of nitrogens with two attached hydrogens (primary N) is 1. The Bertz CT molecular complexity index is 1190. The molecular weight excluding hydrogens is 435 g/mol. The molecule has 0 aliphatic heterocycles. The molecule has 168 valence electrons. The van der Waals surface area contributed by atoms with E-state index in [0.717, 1.165) is 18.4 Å². The first-order valence-corrected chi connectivity index (χ1v) is 9.56. The number of pyridine rings is 2. The number of halogens is 3. The van der Waals surface area contributed by atoms with Gasteiger partial charge in [0.05, 0.1) is 11.3 Å². The molecule has 0 saturated carbocycles. The molecule has 3 aromatic rings. The zero-order valence-corrected chi connectivity index (χ0v) is 17.2. The zero-order valence-electron chi connectivity index (χ0n) is 17.2. The van der Waals surface area contributed by atoms with E-state index < -0.39 is 12.1 Å². The van der Waals surface area contributed by atoms with Gasteiger partial charge >= 0.3 is 12.1 Å². The molecule has 0 unspecified atom stereocenters. The monoisotopic (exact) mass is 453 g/mol. The second kappa shape index (κ2) is 11.3. The number of anilines is 1. The Balaban J connectivity index is 0.000000479. The highest BCUT2D eigenvalue weighted by Crippen LogP contribution is 2.32. The van der Waals surface area contributed by atoms with E-state index >= 15 is 0 Å². The predicted molar refractivity (Wildman–Crippen MR) is 113 cm³/mol. The summed E-state index contributed by atoms with van der Waals surface area (Å²) in [6.45, 7) is 0. The van der Waals surface area contributed by atoms with Crippen LogP contribution < -0.4 is 5.73 Å². The first kappa shape index (κ1) is 24.8. The first-order valence-electron chi connectivity index (χ1n) is 9.56. The number of nitrogens with zero attached hydrogens (tertiary/aromatic N) is 4. The van der Waals surface area contributed by atoms with Gasteiger partial charge in [0.15, 0.2) is 0 Å². The SMILES string of the molecule is N#Cc1c(N)nc(CCCc2ccncc2)c(C#N)c1-c1ccccc1.O=C(O)C(F)(F)F. The number of aromatic nitrogens is 2. The van der Waals surface area contributed by atoms with Crippen LogP contribution in [0.2, 0.25) is 0 Å². The molecule has 33 heavy (non-hydrogen) atoms. The van der Waals surface area contributed by atoms with Crippen molar-refractivity contribution in [2.24, 2.45) is 0 Å². The lowest BCUT2D eigenvalue weighted by molar-refractivity contribution is -0.192. The van der Waals surface area contributed by atoms with E-state index in [1.54, 1.807) is 12.4 Å². The van der Waals surface area contributed by atoms with Crippen LogP contribution in [0, 0.1) is 22.7 Å². The summed E-state index contributed by atoms with van der Waals surface area (Å²) in [5.41, 5.74) is 9.90. The van der Waals surface area contributed by atoms with Gasteiger partial charge in [0.25, 0.3) is 0 Å². The summed E-state index contributed by atoms with van der Waals surface area (Å²) in [5.74, 6) is -2.59. The molecule has 7 nitrogen and oxygen atoms in total. The molecule has 0 radical (unpaired) electrons. The average molecular weight is 453 g/mol. The number of rotatable bonds is 5. The minimum Gasteiger partial charge on any atom is -0.475 e. The van der Waals surface area contributed by atoms with Crippen molar-refractivity contribution in [2.45, 2.75) is 25.4 Å². The van der Waals surface area contributed by atoms with Crippen molar-refractivity contribution < 1.29 is 23.1 Å². The van der Waals surface area contributed by atoms with E-state index in [2.05, 4.69) is 22.1 Å². The Kier molecular flexibility index (Phi) is 8.47. The highest BCUT2D eigenvalue weighted by molar-refractivity contribution is 5.81. The number of benzene rings is 1. The Hall–Kier alpha value is -4.44. The molecule has 0 fully saturated rings. The van der Waals surface area contributed by atoms with Crippen molar-refractivity contribution >= 4 is 11.8 Å². The molecule has 0 aliphatic rings. The minimum atomic E-state index is -5.08. The van der Waals surface area contributed by atoms with Crippen LogP contribution in [0.25, 0.3) is 11.1 Å². The topological polar surface area (TPSA) is 137 Å². The normalized spacial score (nSPS) is 10.3. The Morgan fingerprint density at radius 2 is 1.58 bits per heavy atom. The van der Waals surface area contributed by atoms with Crippen molar-refractivity contribution in [3.63, 3.8) is 0 Å². The fourth-order valence-corrected chi connectivity index (χ4v) is 2.97. The summed E-state index contributed by atoms with van der Waals surface area (Å²) in [6, 6.07) is 17.7. The third-order valence-corrected chi connectivity index (χ3v) is 4.46. The average Bonchev–Trinajstić information content (AvgIpc) is 2.79. The van der Waals surface area contributed by atoms with Crippen LogP contribution in [-0.2, 0) is 17.6 Å². The summed E-state index contributed by atoms with van der Waals surface area (Å²) in [4.78, 5) is 17.3. The molecule has 3 rings (SSSR count). The molecule has 2 heterocycles. The second-order valence-electron chi connectivity index (χ2n) is 6.67. The van der Waals surface area contributed by atoms with Crippen LogP contribution in [-0.4, -0.2) is 27.2 Å². The lowest BCUT2D eigenvalue weighted by Crippen LogP contribution is -2.21. The smallest absolute Gasteiger partial charge is 0.475 e. The van der Waals surface area contributed by atoms with Crippen LogP contribution in [0.4, 0.5) is 19.0 Å². The predicted octanol–water partition coefficient (Wildman–Crippen LogP) is 4.28. The van der Waals surface area contributed by atoms with Crippen molar-refractivity contribution in [3.8, 4) is 23.3 Å². The number of hydrogen-bond acceptors (Lipinski definition) is 6. The van der Waals surface area contributed by atoms with E-state index in [1.165, 1.54) is 5.56 Å². The van der Waals surface area contributed by atoms with Gasteiger partial charge in [-0.25, -0.2) is 9.78 Å². The van der Waals surface area contributed by atoms with Crippen molar-refractivity contribution in [1.29, 1.82) is 10.5 Å². The van der Waals surface area contributed by atoms with Gasteiger partial charge in [-0.3, -0.25) is 4.98 Å². The van der Waals surface area contributed by atoms with E-state index in [4.69, 9.17) is 15.6 Å². The largest absolute Gasteiger partial charge is 0.490 e. The lowest BCUT2D eigenvalue weighted by atomic mass is 9.93. The highest BCUT2D eigenvalue weighted by atomic mass is 19.4. The van der Waals surface area contributed by atoms with Gasteiger partial charge in [-0.1, -0.05) is 30.3 Å². The van der Waals surface area contributed by atoms with Crippen LogP contribution in [0.3, 0.4) is 0 Å². The van der Waals surface area contributed by atoms with Crippen LogP contribution in [0.15, 0.2) is 54.9 Å². The fraction of sp³-hybridized carbons (Fsp3) is 0.174. The molecule has 0 amide bonds. The Morgan fingerprint density at radius 3 is 2.09 bits per heavy atom. The van der Waals surface area contributed by atoms with Gasteiger partial charge in [0.2, 0.25) is 0 Å². The molecular formula is C23H18F3N5O2. The molecule has 3 N–H and O–H groups in total. The third-order valence-electron chi connectivity index (χ3n) is 4.46. The number of hydrogen-bond donors (Lipinski definition) is 2. The zero-order chi connectivity index (χ0) is 24.4. The molecule has 0 atom stereocenters. The van der Waals surface area contributed by atoms with E-state index in [-0.39, 0.29) is 11.4 Å². The number of carbonyl (C=O) groups is 1. The number of aryl methyl sites for hydroxylation is 2. The summed E-state index contributed by atoms with van der Waals surface area (Å²) in [5, 5.41) is 26.4. The van der Waals surface area contributed by atoms with Crippen molar-refractivity contribution in [1.82, 2.24) is 9.97 Å². The van der Waals surface area contributed by atoms with E-state index in [1.807, 2.05) is 42.5 Å². The van der Waals surface area contributed by atoms with Crippen LogP contribution >= 0.6 is 0 Å². The number of aliphatic carboxylic acids is 1. The number of nitriles is 2. The molecule has 0 aliphatic carbocycles. The maximum absolute atomic E-state index is 10.6. The van der Waals surface area contributed by atoms with Crippen molar-refractivity contribution in [3.05, 3.63) is 77.2 Å². The second-order valence-corrected chi connectivity index (χ2v) is 6.67. The summed E-state index contributed by atoms with van der Waals surface area (Å²) in [6.07, 6.45) is 0.741. The number of carboxylic acids is 1. The van der Waals surface area contributed by atoms with Gasteiger partial charge < -0.3 is 10.8 Å². The standard InChI is InChI=1S/C21H17N5.C2HF3O2/c22-13-17-19(8-4-5-15-9-11-25-12-10-15)26-21(24)18(14-23)20(17)16-6-2-1-3-7-16;3-2(4,5)1(6)7/h1-3,6-7,9-12H,4-5,8H2,(H2,24,26);(H,6,7). The Labute approximate surface area is 187 Å². The fourth-order valence-electron chi connectivity index (χ4n) is 2.97. The molecule has 0 bridgehead atoms. The minimum absolute atomic E-state index is 0.171. The third kappa shape index (κ3) is 6.77. The molecule has 10 heteroatoms. The molecule has 1 aromatic carbocycles. The van der Waals surface area contributed by atoms with Gasteiger partial charge in [-0.2, -0.15) is 23.7 Å². The first-order chi connectivity index (χ1) is 15.7. The summed E-state index contributed by atoms with van der Waals surface area (Å²) >= 11 is 0. The van der Waals surface area contributed by atoms with E-state index in [9.17, 15) is 23.7 Å². The number of alkyl halides is 3. The van der Waals surface area contributed by atoms with Crippen LogP contribution in [0.5, 0.6) is 0 Å². The lowest BCUT2D eigenvalue weighted by Gasteiger charge is -2.13. The van der Waals surface area contributed by atoms with Gasteiger partial charge in [0, 0.05) is 18.0 Å². The highest BCUT2D eigenvalue weighted by Gasteiger charge is 2.38. The molecule has 0 saturated heterocycles. The van der Waals surface area contributed by atoms with Gasteiger partial charge in [-0.05, 0) is 42.5 Å². The Morgan fingerprint density at radius 1 is 1.00 bits per heavy atom. The quantitative estimate of drug-likeness (QED) is 0.588. The van der Waals surface area contributed by atoms with Crippen molar-refractivity contribution in [2.75, 3.05) is 5.73 Å². The van der Waals surface area contributed by atoms with Gasteiger partial charge in [-0.15, -0.1) is 0 Å². The number of nitrogen functional groups attached to an aromatic ring is 1. The molecule has 0 spiro atoms.